The first-order valence-corrected chi connectivity index (χ1v) is 7.05. The van der Waals surface area contributed by atoms with Crippen molar-refractivity contribution in [1.29, 1.82) is 0 Å². The summed E-state index contributed by atoms with van der Waals surface area (Å²) in [5, 5.41) is 1.22. The normalized spacial score (nSPS) is 16.4. The maximum atomic E-state index is 11.6. The Kier molecular flexibility index (Phi) is 2.99. The van der Waals surface area contributed by atoms with Crippen molar-refractivity contribution in [1.82, 2.24) is 9.97 Å². The molecule has 3 rings (SSSR count). The maximum absolute atomic E-state index is 11.6. The van der Waals surface area contributed by atoms with Gasteiger partial charge < -0.3 is 10.7 Å². The van der Waals surface area contributed by atoms with Crippen molar-refractivity contribution in [2.24, 2.45) is 0 Å². The fourth-order valence-corrected chi connectivity index (χ4v) is 3.70. The summed E-state index contributed by atoms with van der Waals surface area (Å²) < 4.78 is 0. The van der Waals surface area contributed by atoms with Crippen LogP contribution < -0.4 is 11.3 Å². The number of nitrogens with two attached hydrogens (primary N) is 1. The predicted octanol–water partition coefficient (Wildman–Crippen LogP) is 2.54. The average molecular weight is 261 g/mol. The summed E-state index contributed by atoms with van der Waals surface area (Å²) in [5.74, 6) is 0. The molecule has 0 aliphatic heterocycles. The molecule has 94 valence electrons. The molecule has 1 aliphatic rings. The lowest BCUT2D eigenvalue weighted by Gasteiger charge is -2.11. The molecule has 0 bridgehead atoms. The number of nitrogen functional groups attached to an aromatic ring is 1. The molecule has 0 unspecified atom stereocenters. The minimum Gasteiger partial charge on any atom is -0.398 e. The SMILES string of the molecule is Nc1cc2c(=O)[nH]cnc2cc1SC1CCCC1. The maximum Gasteiger partial charge on any atom is 0.258 e. The Morgan fingerprint density at radius 2 is 2.11 bits per heavy atom. The minimum absolute atomic E-state index is 0.135. The molecule has 2 aromatic rings. The van der Waals surface area contributed by atoms with Gasteiger partial charge in [0.05, 0.1) is 17.2 Å². The van der Waals surface area contributed by atoms with Gasteiger partial charge in [0.2, 0.25) is 0 Å². The van der Waals surface area contributed by atoms with Crippen LogP contribution in [-0.4, -0.2) is 15.2 Å². The van der Waals surface area contributed by atoms with Crippen LogP contribution in [0.1, 0.15) is 25.7 Å². The lowest BCUT2D eigenvalue weighted by Crippen LogP contribution is -2.07. The molecule has 3 N–H and O–H groups in total. The van der Waals surface area contributed by atoms with Gasteiger partial charge in [-0.25, -0.2) is 4.98 Å². The summed E-state index contributed by atoms with van der Waals surface area (Å²) in [7, 11) is 0. The second-order valence-electron chi connectivity index (χ2n) is 4.66. The Morgan fingerprint density at radius 3 is 2.89 bits per heavy atom. The van der Waals surface area contributed by atoms with E-state index in [9.17, 15) is 4.79 Å². The minimum atomic E-state index is -0.135. The molecule has 0 amide bonds. The Morgan fingerprint density at radius 1 is 1.33 bits per heavy atom. The highest BCUT2D eigenvalue weighted by Gasteiger charge is 2.18. The fourth-order valence-electron chi connectivity index (χ4n) is 2.40. The molecule has 18 heavy (non-hydrogen) atoms. The largest absolute Gasteiger partial charge is 0.398 e. The Hall–Kier alpha value is -1.49. The van der Waals surface area contributed by atoms with E-state index < -0.39 is 0 Å². The number of hydrogen-bond acceptors (Lipinski definition) is 4. The van der Waals surface area contributed by atoms with Crippen LogP contribution in [0.2, 0.25) is 0 Å². The topological polar surface area (TPSA) is 71.8 Å². The van der Waals surface area contributed by atoms with Gasteiger partial charge in [0, 0.05) is 15.8 Å². The highest BCUT2D eigenvalue weighted by molar-refractivity contribution is 8.00. The summed E-state index contributed by atoms with van der Waals surface area (Å²) in [4.78, 5) is 19.4. The Labute approximate surface area is 109 Å². The summed E-state index contributed by atoms with van der Waals surface area (Å²) >= 11 is 1.82. The lowest BCUT2D eigenvalue weighted by atomic mass is 10.2. The molecule has 0 radical (unpaired) electrons. The van der Waals surface area contributed by atoms with Gasteiger partial charge in [0.25, 0.3) is 5.56 Å². The van der Waals surface area contributed by atoms with E-state index in [0.717, 1.165) is 4.90 Å². The second kappa shape index (κ2) is 4.65. The van der Waals surface area contributed by atoms with E-state index >= 15 is 0 Å². The molecular weight excluding hydrogens is 246 g/mol. The zero-order valence-electron chi connectivity index (χ0n) is 9.98. The number of H-pyrrole nitrogens is 1. The number of nitrogens with one attached hydrogen (secondary N) is 1. The molecule has 1 aromatic carbocycles. The van der Waals surface area contributed by atoms with Crippen molar-refractivity contribution in [3.63, 3.8) is 0 Å². The number of aromatic nitrogens is 2. The summed E-state index contributed by atoms with van der Waals surface area (Å²) in [6.45, 7) is 0. The number of rotatable bonds is 2. The predicted molar refractivity (Wildman–Crippen MR) is 74.9 cm³/mol. The number of nitrogens with zero attached hydrogens (tertiary/aromatic N) is 1. The van der Waals surface area contributed by atoms with Crippen LogP contribution in [0.25, 0.3) is 10.9 Å². The van der Waals surface area contributed by atoms with E-state index in [0.29, 0.717) is 21.8 Å². The smallest absolute Gasteiger partial charge is 0.258 e. The van der Waals surface area contributed by atoms with Gasteiger partial charge in [-0.15, -0.1) is 11.8 Å². The average Bonchev–Trinajstić information content (AvgIpc) is 2.84. The van der Waals surface area contributed by atoms with E-state index in [-0.39, 0.29) is 5.56 Å². The molecular formula is C13H15N3OS. The first kappa shape index (κ1) is 11.6. The Balaban J connectivity index is 2.02. The molecule has 1 aromatic heterocycles. The van der Waals surface area contributed by atoms with E-state index in [1.165, 1.54) is 32.0 Å². The molecule has 4 nitrogen and oxygen atoms in total. The van der Waals surface area contributed by atoms with Crippen LogP contribution in [0.3, 0.4) is 0 Å². The van der Waals surface area contributed by atoms with Gasteiger partial charge >= 0.3 is 0 Å². The molecule has 1 saturated carbocycles. The van der Waals surface area contributed by atoms with Crippen molar-refractivity contribution in [3.05, 3.63) is 28.8 Å². The van der Waals surface area contributed by atoms with Gasteiger partial charge in [0.15, 0.2) is 0 Å². The van der Waals surface area contributed by atoms with Gasteiger partial charge in [0.1, 0.15) is 0 Å². The van der Waals surface area contributed by atoms with Crippen LogP contribution in [0.4, 0.5) is 5.69 Å². The molecule has 1 aliphatic carbocycles. The number of hydrogen-bond donors (Lipinski definition) is 2. The van der Waals surface area contributed by atoms with Crippen LogP contribution in [0, 0.1) is 0 Å². The fraction of sp³-hybridized carbons (Fsp3) is 0.385. The monoisotopic (exact) mass is 261 g/mol. The van der Waals surface area contributed by atoms with Crippen molar-refractivity contribution in [2.75, 3.05) is 5.73 Å². The third-order valence-corrected chi connectivity index (χ3v) is 4.78. The van der Waals surface area contributed by atoms with Gasteiger partial charge in [-0.05, 0) is 25.0 Å². The van der Waals surface area contributed by atoms with Crippen molar-refractivity contribution >= 4 is 28.4 Å². The third-order valence-electron chi connectivity index (χ3n) is 3.37. The van der Waals surface area contributed by atoms with E-state index in [4.69, 9.17) is 5.73 Å². The molecule has 1 fully saturated rings. The number of benzene rings is 1. The Bertz CT molecular complexity index is 632. The molecule has 0 atom stereocenters. The van der Waals surface area contributed by atoms with Crippen molar-refractivity contribution in [3.8, 4) is 0 Å². The summed E-state index contributed by atoms with van der Waals surface area (Å²) in [6, 6.07) is 3.67. The van der Waals surface area contributed by atoms with Crippen LogP contribution >= 0.6 is 11.8 Å². The summed E-state index contributed by atoms with van der Waals surface area (Å²) in [6.07, 6.45) is 6.56. The summed E-state index contributed by atoms with van der Waals surface area (Å²) in [5.41, 5.74) is 7.29. The molecule has 0 spiro atoms. The first-order valence-electron chi connectivity index (χ1n) is 6.17. The second-order valence-corrected chi connectivity index (χ2v) is 6.01. The first-order chi connectivity index (χ1) is 8.74. The van der Waals surface area contributed by atoms with Crippen LogP contribution in [-0.2, 0) is 0 Å². The van der Waals surface area contributed by atoms with Crippen LogP contribution in [0.15, 0.2) is 28.2 Å². The molecule has 1 heterocycles. The number of fused-ring (bicyclic) bond motifs is 1. The number of thioether (sulfide) groups is 1. The van der Waals surface area contributed by atoms with Crippen molar-refractivity contribution in [2.45, 2.75) is 35.8 Å². The molecule has 0 saturated heterocycles. The van der Waals surface area contributed by atoms with Crippen molar-refractivity contribution < 1.29 is 0 Å². The van der Waals surface area contributed by atoms with Gasteiger partial charge in [-0.2, -0.15) is 0 Å². The van der Waals surface area contributed by atoms with Gasteiger partial charge in [-0.1, -0.05) is 12.8 Å². The highest BCUT2D eigenvalue weighted by atomic mass is 32.2. The molecule has 5 heteroatoms. The highest BCUT2D eigenvalue weighted by Crippen LogP contribution is 2.38. The zero-order chi connectivity index (χ0) is 12.5. The quantitative estimate of drug-likeness (QED) is 0.815. The van der Waals surface area contributed by atoms with E-state index in [2.05, 4.69) is 9.97 Å². The lowest BCUT2D eigenvalue weighted by molar-refractivity contribution is 0.886. The standard InChI is InChI=1S/C13H15N3OS/c14-10-5-9-11(15-7-16-13(9)17)6-12(10)18-8-3-1-2-4-8/h5-8H,1-4,14H2,(H,15,16,17). The van der Waals surface area contributed by atoms with E-state index in [1.54, 1.807) is 6.07 Å². The van der Waals surface area contributed by atoms with E-state index in [1.807, 2.05) is 17.8 Å². The number of anilines is 1. The van der Waals surface area contributed by atoms with Crippen LogP contribution in [0.5, 0.6) is 0 Å². The zero-order valence-corrected chi connectivity index (χ0v) is 10.8. The van der Waals surface area contributed by atoms with Gasteiger partial charge in [-0.3, -0.25) is 4.79 Å². The number of aromatic amines is 1. The third kappa shape index (κ3) is 2.10.